The number of aromatic nitrogens is 4. The van der Waals surface area contributed by atoms with E-state index in [1.807, 2.05) is 12.1 Å². The minimum Gasteiger partial charge on any atom is -0.339 e. The predicted octanol–water partition coefficient (Wildman–Crippen LogP) is 0.545. The molecule has 1 aliphatic carbocycles. The number of rotatable bonds is 4. The van der Waals surface area contributed by atoms with E-state index in [9.17, 15) is 13.2 Å². The van der Waals surface area contributed by atoms with Gasteiger partial charge in [-0.15, -0.1) is 0 Å². The Balaban J connectivity index is 1.50. The molecule has 2 aromatic rings. The van der Waals surface area contributed by atoms with Crippen molar-refractivity contribution in [2.75, 3.05) is 26.2 Å². The average Bonchev–Trinajstić information content (AvgIpc) is 3.41. The van der Waals surface area contributed by atoms with E-state index < -0.39 is 15.4 Å². The van der Waals surface area contributed by atoms with Gasteiger partial charge in [-0.3, -0.25) is 9.78 Å². The molecule has 10 heteroatoms. The van der Waals surface area contributed by atoms with Crippen LogP contribution in [0.25, 0.3) is 0 Å². The fourth-order valence-electron chi connectivity index (χ4n) is 4.13. The number of nitrogens with zero attached hydrogens (tertiary/aromatic N) is 5. The maximum absolute atomic E-state index is 13.4. The number of piperazine rings is 1. The van der Waals surface area contributed by atoms with E-state index in [4.69, 9.17) is 0 Å². The first-order valence-electron chi connectivity index (χ1n) is 9.09. The lowest BCUT2D eigenvalue weighted by molar-refractivity contribution is -0.138. The summed E-state index contributed by atoms with van der Waals surface area (Å²) in [7, 11) is -3.70. The summed E-state index contributed by atoms with van der Waals surface area (Å²) in [6.07, 6.45) is 8.32. The molecule has 2 aromatic heterocycles. The van der Waals surface area contributed by atoms with Gasteiger partial charge in [0.1, 0.15) is 6.33 Å². The molecule has 2 fully saturated rings. The maximum Gasteiger partial charge on any atom is 0.278 e. The Bertz CT molecular complexity index is 886. The molecule has 2 aliphatic rings. The van der Waals surface area contributed by atoms with Crippen LogP contribution in [0.5, 0.6) is 0 Å². The third-order valence-corrected chi connectivity index (χ3v) is 7.31. The van der Waals surface area contributed by atoms with Gasteiger partial charge in [0.25, 0.3) is 15.2 Å². The molecular formula is C17H22N6O3S. The van der Waals surface area contributed by atoms with Gasteiger partial charge in [0.05, 0.1) is 5.41 Å². The molecule has 27 heavy (non-hydrogen) atoms. The van der Waals surface area contributed by atoms with E-state index in [-0.39, 0.29) is 24.2 Å². The molecule has 1 saturated carbocycles. The first-order chi connectivity index (χ1) is 13.0. The summed E-state index contributed by atoms with van der Waals surface area (Å²) in [5.41, 5.74) is 0.435. The normalized spacial score (nSPS) is 20.7. The number of hydrogen-bond donors (Lipinski definition) is 1. The highest BCUT2D eigenvalue weighted by molar-refractivity contribution is 7.88. The second kappa shape index (κ2) is 7.01. The van der Waals surface area contributed by atoms with Crippen LogP contribution >= 0.6 is 0 Å². The first-order valence-corrected chi connectivity index (χ1v) is 10.5. The summed E-state index contributed by atoms with van der Waals surface area (Å²) in [6, 6.07) is 3.84. The van der Waals surface area contributed by atoms with E-state index >= 15 is 0 Å². The number of sulfonamides is 1. The number of amides is 1. The second-order valence-corrected chi connectivity index (χ2v) is 8.87. The zero-order valence-electron chi connectivity index (χ0n) is 14.9. The smallest absolute Gasteiger partial charge is 0.278 e. The van der Waals surface area contributed by atoms with Gasteiger partial charge in [0, 0.05) is 38.6 Å². The van der Waals surface area contributed by atoms with Gasteiger partial charge in [-0.2, -0.15) is 9.40 Å². The molecule has 1 saturated heterocycles. The number of carbonyl (C=O) groups excluding carboxylic acids is 1. The van der Waals surface area contributed by atoms with Crippen LogP contribution in [0.3, 0.4) is 0 Å². The average molecular weight is 390 g/mol. The lowest BCUT2D eigenvalue weighted by Gasteiger charge is -2.39. The Labute approximate surface area is 157 Å². The van der Waals surface area contributed by atoms with Crippen LogP contribution in [0.2, 0.25) is 0 Å². The molecule has 0 spiro atoms. The predicted molar refractivity (Wildman–Crippen MR) is 96.1 cm³/mol. The van der Waals surface area contributed by atoms with Crippen molar-refractivity contribution in [3.8, 4) is 0 Å². The van der Waals surface area contributed by atoms with E-state index in [0.717, 1.165) is 31.2 Å². The standard InChI is InChI=1S/C17H22N6O3S/c24-15(17(5-1-2-6-17)14-4-3-7-18-12-14)22-8-10-23(11-9-22)27(25,26)16-19-13-20-21-16/h3-4,7,12-13H,1-2,5-6,8-11H2,(H,19,20,21). The van der Waals surface area contributed by atoms with Gasteiger partial charge in [0.2, 0.25) is 5.91 Å². The fraction of sp³-hybridized carbons (Fsp3) is 0.529. The van der Waals surface area contributed by atoms with Crippen LogP contribution < -0.4 is 0 Å². The quantitative estimate of drug-likeness (QED) is 0.816. The summed E-state index contributed by atoms with van der Waals surface area (Å²) in [5.74, 6) is 0.0877. The highest BCUT2D eigenvalue weighted by atomic mass is 32.2. The second-order valence-electron chi connectivity index (χ2n) is 7.02. The summed E-state index contributed by atoms with van der Waals surface area (Å²) in [5, 5.41) is 5.85. The zero-order chi connectivity index (χ0) is 18.9. The van der Waals surface area contributed by atoms with Crippen molar-refractivity contribution in [2.45, 2.75) is 36.3 Å². The number of hydrogen-bond acceptors (Lipinski definition) is 6. The summed E-state index contributed by atoms with van der Waals surface area (Å²) in [6.45, 7) is 1.23. The SMILES string of the molecule is O=C(N1CCN(S(=O)(=O)c2ncn[nH]2)CC1)C1(c2cccnc2)CCCC1. The van der Waals surface area contributed by atoms with Crippen molar-refractivity contribution in [1.29, 1.82) is 0 Å². The van der Waals surface area contributed by atoms with Crippen LogP contribution in [-0.4, -0.2) is 69.9 Å². The first kappa shape index (κ1) is 18.1. The molecule has 0 aromatic carbocycles. The zero-order valence-corrected chi connectivity index (χ0v) is 15.7. The number of carbonyl (C=O) groups is 1. The Morgan fingerprint density at radius 3 is 2.48 bits per heavy atom. The number of H-pyrrole nitrogens is 1. The molecule has 0 bridgehead atoms. The lowest BCUT2D eigenvalue weighted by Crippen LogP contribution is -2.55. The Hall–Kier alpha value is -2.33. The Morgan fingerprint density at radius 1 is 1.15 bits per heavy atom. The minimum absolute atomic E-state index is 0.0877. The van der Waals surface area contributed by atoms with Gasteiger partial charge >= 0.3 is 0 Å². The highest BCUT2D eigenvalue weighted by Gasteiger charge is 2.46. The number of aromatic amines is 1. The summed E-state index contributed by atoms with van der Waals surface area (Å²) in [4.78, 5) is 23.2. The molecular weight excluding hydrogens is 368 g/mol. The van der Waals surface area contributed by atoms with E-state index in [2.05, 4.69) is 20.2 Å². The molecule has 0 atom stereocenters. The third kappa shape index (κ3) is 3.12. The summed E-state index contributed by atoms with van der Waals surface area (Å²) < 4.78 is 26.4. The number of pyridine rings is 1. The number of nitrogens with one attached hydrogen (secondary N) is 1. The molecule has 1 amide bonds. The van der Waals surface area contributed by atoms with Crippen molar-refractivity contribution in [3.05, 3.63) is 36.4 Å². The lowest BCUT2D eigenvalue weighted by atomic mass is 9.78. The maximum atomic E-state index is 13.4. The molecule has 9 nitrogen and oxygen atoms in total. The molecule has 4 rings (SSSR count). The van der Waals surface area contributed by atoms with Gasteiger partial charge in [-0.05, 0) is 24.5 Å². The molecule has 0 unspecified atom stereocenters. The topological polar surface area (TPSA) is 112 Å². The van der Waals surface area contributed by atoms with Gasteiger partial charge in [-0.25, -0.2) is 18.5 Å². The van der Waals surface area contributed by atoms with Gasteiger partial charge < -0.3 is 4.90 Å². The summed E-state index contributed by atoms with van der Waals surface area (Å²) >= 11 is 0. The third-order valence-electron chi connectivity index (χ3n) is 5.58. The van der Waals surface area contributed by atoms with Gasteiger partial charge in [-0.1, -0.05) is 18.9 Å². The van der Waals surface area contributed by atoms with E-state index in [1.165, 1.54) is 10.6 Å². The monoisotopic (exact) mass is 390 g/mol. The van der Waals surface area contributed by atoms with E-state index in [0.29, 0.717) is 13.1 Å². The van der Waals surface area contributed by atoms with Crippen LogP contribution in [0.15, 0.2) is 36.0 Å². The van der Waals surface area contributed by atoms with Crippen molar-refractivity contribution >= 4 is 15.9 Å². The van der Waals surface area contributed by atoms with Gasteiger partial charge in [0.15, 0.2) is 0 Å². The highest BCUT2D eigenvalue weighted by Crippen LogP contribution is 2.42. The van der Waals surface area contributed by atoms with Crippen molar-refractivity contribution < 1.29 is 13.2 Å². The molecule has 1 aliphatic heterocycles. The molecule has 0 radical (unpaired) electrons. The molecule has 144 valence electrons. The molecule has 3 heterocycles. The van der Waals surface area contributed by atoms with Crippen molar-refractivity contribution in [3.63, 3.8) is 0 Å². The molecule has 1 N–H and O–H groups in total. The fourth-order valence-corrected chi connectivity index (χ4v) is 5.36. The van der Waals surface area contributed by atoms with Crippen LogP contribution in [0, 0.1) is 0 Å². The Morgan fingerprint density at radius 2 is 1.89 bits per heavy atom. The largest absolute Gasteiger partial charge is 0.339 e. The van der Waals surface area contributed by atoms with Crippen LogP contribution in [0.1, 0.15) is 31.2 Å². The Kier molecular flexibility index (Phi) is 4.68. The van der Waals surface area contributed by atoms with Crippen molar-refractivity contribution in [1.82, 2.24) is 29.4 Å². The van der Waals surface area contributed by atoms with Crippen LogP contribution in [-0.2, 0) is 20.2 Å². The van der Waals surface area contributed by atoms with Crippen molar-refractivity contribution in [2.24, 2.45) is 0 Å². The minimum atomic E-state index is -3.70. The van der Waals surface area contributed by atoms with Crippen LogP contribution in [0.4, 0.5) is 0 Å². The van der Waals surface area contributed by atoms with E-state index in [1.54, 1.807) is 17.3 Å².